The molecule has 0 bridgehead atoms. The third-order valence-corrected chi connectivity index (χ3v) is 5.87. The molecule has 4 rings (SSSR count). The number of benzene rings is 1. The lowest BCUT2D eigenvalue weighted by molar-refractivity contribution is -0.138. The molecule has 1 amide bonds. The lowest BCUT2D eigenvalue weighted by Gasteiger charge is -2.35. The molecular weight excluding hydrogens is 320 g/mol. The molecule has 1 saturated heterocycles. The predicted molar refractivity (Wildman–Crippen MR) is 99.4 cm³/mol. The molecule has 0 spiro atoms. The van der Waals surface area contributed by atoms with E-state index in [0.29, 0.717) is 11.9 Å². The molecule has 1 aromatic carbocycles. The van der Waals surface area contributed by atoms with Crippen molar-refractivity contribution in [2.45, 2.75) is 51.0 Å². The van der Waals surface area contributed by atoms with Gasteiger partial charge in [-0.05, 0) is 63.0 Å². The zero-order valence-electron chi connectivity index (χ0n) is 14.4. The molecule has 0 radical (unpaired) electrons. The molecule has 2 aliphatic carbocycles. The van der Waals surface area contributed by atoms with E-state index in [1.54, 1.807) is 0 Å². The third kappa shape index (κ3) is 4.12. The molecule has 1 heterocycles. The fourth-order valence-corrected chi connectivity index (χ4v) is 3.88. The monoisotopic (exact) mass is 348 g/mol. The maximum Gasteiger partial charge on any atom is 0.229 e. The van der Waals surface area contributed by atoms with Crippen LogP contribution in [0, 0.1) is 11.3 Å². The van der Waals surface area contributed by atoms with Crippen LogP contribution < -0.4 is 5.32 Å². The third-order valence-electron chi connectivity index (χ3n) is 5.87. The van der Waals surface area contributed by atoms with Gasteiger partial charge < -0.3 is 10.2 Å². The van der Waals surface area contributed by atoms with Gasteiger partial charge in [-0.3, -0.25) is 4.79 Å². The molecular formula is C20H29ClN2O. The Hall–Kier alpha value is -1.06. The minimum atomic E-state index is -0.0738. The van der Waals surface area contributed by atoms with Crippen LogP contribution >= 0.6 is 12.4 Å². The summed E-state index contributed by atoms with van der Waals surface area (Å²) in [7, 11) is 0. The highest BCUT2D eigenvalue weighted by molar-refractivity contribution is 5.86. The first kappa shape index (κ1) is 17.8. The van der Waals surface area contributed by atoms with Crippen LogP contribution in [0.25, 0.3) is 0 Å². The largest absolute Gasteiger partial charge is 0.342 e. The molecule has 132 valence electrons. The van der Waals surface area contributed by atoms with Gasteiger partial charge in [0.05, 0.1) is 5.41 Å². The molecule has 1 N–H and O–H groups in total. The van der Waals surface area contributed by atoms with Gasteiger partial charge in [-0.15, -0.1) is 12.4 Å². The molecule has 3 fully saturated rings. The Bertz CT molecular complexity index is 546. The van der Waals surface area contributed by atoms with E-state index in [0.717, 1.165) is 51.1 Å². The molecule has 1 aliphatic heterocycles. The lowest BCUT2D eigenvalue weighted by atomic mass is 9.93. The Kier molecular flexibility index (Phi) is 5.51. The Morgan fingerprint density at radius 2 is 1.75 bits per heavy atom. The number of carbonyl (C=O) groups is 1. The minimum absolute atomic E-state index is 0. The van der Waals surface area contributed by atoms with Gasteiger partial charge in [0.1, 0.15) is 0 Å². The highest BCUT2D eigenvalue weighted by Gasteiger charge is 2.51. The second-order valence-corrected chi connectivity index (χ2v) is 7.86. The zero-order valence-corrected chi connectivity index (χ0v) is 15.2. The molecule has 0 unspecified atom stereocenters. The maximum absolute atomic E-state index is 13.0. The van der Waals surface area contributed by atoms with Gasteiger partial charge in [0.15, 0.2) is 0 Å². The number of carbonyl (C=O) groups excluding carboxylic acids is 1. The summed E-state index contributed by atoms with van der Waals surface area (Å²) in [5.74, 6) is 1.36. The number of likely N-dealkylation sites (tertiary alicyclic amines) is 1. The van der Waals surface area contributed by atoms with Crippen molar-refractivity contribution in [2.75, 3.05) is 19.6 Å². The van der Waals surface area contributed by atoms with E-state index in [1.165, 1.54) is 24.9 Å². The van der Waals surface area contributed by atoms with Gasteiger partial charge in [0.25, 0.3) is 0 Å². The van der Waals surface area contributed by atoms with Crippen LogP contribution in [0.3, 0.4) is 0 Å². The van der Waals surface area contributed by atoms with Crippen molar-refractivity contribution in [3.8, 4) is 0 Å². The van der Waals surface area contributed by atoms with Gasteiger partial charge in [-0.25, -0.2) is 0 Å². The second-order valence-electron chi connectivity index (χ2n) is 7.86. The molecule has 3 nitrogen and oxygen atoms in total. The van der Waals surface area contributed by atoms with E-state index < -0.39 is 0 Å². The van der Waals surface area contributed by atoms with Gasteiger partial charge in [0.2, 0.25) is 5.91 Å². The van der Waals surface area contributed by atoms with Crippen LogP contribution in [0.5, 0.6) is 0 Å². The fourth-order valence-electron chi connectivity index (χ4n) is 3.88. The Labute approximate surface area is 151 Å². The summed E-state index contributed by atoms with van der Waals surface area (Å²) >= 11 is 0. The zero-order chi connectivity index (χ0) is 15.7. The van der Waals surface area contributed by atoms with Crippen molar-refractivity contribution in [1.82, 2.24) is 10.2 Å². The van der Waals surface area contributed by atoms with Crippen molar-refractivity contribution in [3.63, 3.8) is 0 Å². The minimum Gasteiger partial charge on any atom is -0.342 e. The van der Waals surface area contributed by atoms with Gasteiger partial charge in [-0.1, -0.05) is 30.3 Å². The van der Waals surface area contributed by atoms with Crippen molar-refractivity contribution in [2.24, 2.45) is 11.3 Å². The number of piperidine rings is 1. The number of hydrogen-bond acceptors (Lipinski definition) is 2. The van der Waals surface area contributed by atoms with Gasteiger partial charge >= 0.3 is 0 Å². The number of halogens is 1. The summed E-state index contributed by atoms with van der Waals surface area (Å²) in [6.07, 6.45) is 8.13. The van der Waals surface area contributed by atoms with Crippen LogP contribution in [-0.2, 0) is 11.2 Å². The highest BCUT2D eigenvalue weighted by atomic mass is 35.5. The smallest absolute Gasteiger partial charge is 0.229 e. The van der Waals surface area contributed by atoms with E-state index >= 15 is 0 Å². The van der Waals surface area contributed by atoms with E-state index in [2.05, 4.69) is 34.5 Å². The SMILES string of the molecule is Cl.O=C(N1CCC(NCC2CC2)CC1)C1(Cc2ccccc2)CC1. The number of rotatable bonds is 6. The summed E-state index contributed by atoms with van der Waals surface area (Å²) in [5.41, 5.74) is 1.23. The maximum atomic E-state index is 13.0. The fraction of sp³-hybridized carbons (Fsp3) is 0.650. The summed E-state index contributed by atoms with van der Waals surface area (Å²) in [6, 6.07) is 11.1. The van der Waals surface area contributed by atoms with E-state index in [9.17, 15) is 4.79 Å². The van der Waals surface area contributed by atoms with Crippen LogP contribution in [0.1, 0.15) is 44.1 Å². The summed E-state index contributed by atoms with van der Waals surface area (Å²) in [5, 5.41) is 3.70. The predicted octanol–water partition coefficient (Wildman–Crippen LogP) is 3.42. The number of amides is 1. The first-order chi connectivity index (χ1) is 11.3. The number of nitrogens with zero attached hydrogens (tertiary/aromatic N) is 1. The number of nitrogens with one attached hydrogen (secondary N) is 1. The summed E-state index contributed by atoms with van der Waals surface area (Å²) in [4.78, 5) is 15.1. The lowest BCUT2D eigenvalue weighted by Crippen LogP contribution is -2.48. The van der Waals surface area contributed by atoms with Crippen molar-refractivity contribution >= 4 is 18.3 Å². The van der Waals surface area contributed by atoms with E-state index in [1.807, 2.05) is 6.07 Å². The molecule has 24 heavy (non-hydrogen) atoms. The first-order valence-electron chi connectivity index (χ1n) is 9.32. The molecule has 3 aliphatic rings. The molecule has 2 saturated carbocycles. The van der Waals surface area contributed by atoms with Crippen LogP contribution in [0.15, 0.2) is 30.3 Å². The normalized spacial score (nSPS) is 22.8. The van der Waals surface area contributed by atoms with Crippen molar-refractivity contribution < 1.29 is 4.79 Å². The average Bonchev–Trinajstić information content (AvgIpc) is 3.50. The average molecular weight is 349 g/mol. The van der Waals surface area contributed by atoms with Gasteiger partial charge in [0, 0.05) is 19.1 Å². The molecule has 0 aromatic heterocycles. The van der Waals surface area contributed by atoms with E-state index in [4.69, 9.17) is 0 Å². The standard InChI is InChI=1S/C20H28N2O.ClH/c23-19(20(10-11-20)14-16-4-2-1-3-5-16)22-12-8-18(9-13-22)21-15-17-6-7-17;/h1-5,17-18,21H,6-15H2;1H. The Morgan fingerprint density at radius 1 is 1.08 bits per heavy atom. The van der Waals surface area contributed by atoms with Crippen molar-refractivity contribution in [1.29, 1.82) is 0 Å². The quantitative estimate of drug-likeness (QED) is 0.854. The molecule has 4 heteroatoms. The van der Waals surface area contributed by atoms with E-state index in [-0.39, 0.29) is 17.8 Å². The van der Waals surface area contributed by atoms with Crippen LogP contribution in [0.4, 0.5) is 0 Å². The molecule has 0 atom stereocenters. The van der Waals surface area contributed by atoms with Gasteiger partial charge in [-0.2, -0.15) is 0 Å². The molecule has 1 aromatic rings. The Morgan fingerprint density at radius 3 is 2.33 bits per heavy atom. The first-order valence-corrected chi connectivity index (χ1v) is 9.32. The summed E-state index contributed by atoms with van der Waals surface area (Å²) in [6.45, 7) is 3.08. The van der Waals surface area contributed by atoms with Crippen LogP contribution in [-0.4, -0.2) is 36.5 Å². The number of hydrogen-bond donors (Lipinski definition) is 1. The topological polar surface area (TPSA) is 32.3 Å². The van der Waals surface area contributed by atoms with Crippen molar-refractivity contribution in [3.05, 3.63) is 35.9 Å². The summed E-state index contributed by atoms with van der Waals surface area (Å²) < 4.78 is 0. The Balaban J connectivity index is 0.00000169. The second kappa shape index (κ2) is 7.45. The van der Waals surface area contributed by atoms with Crippen LogP contribution in [0.2, 0.25) is 0 Å². The highest BCUT2D eigenvalue weighted by Crippen LogP contribution is 2.50.